The number of hydrogen-bond donors (Lipinski definition) is 0. The van der Waals surface area contributed by atoms with Crippen LogP contribution in [0, 0.1) is 25.2 Å². The summed E-state index contributed by atoms with van der Waals surface area (Å²) in [7, 11) is -2.33. The minimum atomic E-state index is -3.78. The number of aryl methyl sites for hydroxylation is 2. The van der Waals surface area contributed by atoms with Crippen molar-refractivity contribution in [3.63, 3.8) is 0 Å². The van der Waals surface area contributed by atoms with Gasteiger partial charge in [-0.1, -0.05) is 12.1 Å². The third kappa shape index (κ3) is 2.40. The van der Waals surface area contributed by atoms with Gasteiger partial charge in [-0.25, -0.2) is 17.7 Å². The van der Waals surface area contributed by atoms with E-state index in [1.807, 2.05) is 19.9 Å². The number of rotatable bonds is 3. The second-order valence-electron chi connectivity index (χ2n) is 4.22. The van der Waals surface area contributed by atoms with E-state index in [4.69, 9.17) is 5.26 Å². The van der Waals surface area contributed by atoms with Crippen LogP contribution in [0.25, 0.3) is 0 Å². The third-order valence-corrected chi connectivity index (χ3v) is 6.00. The van der Waals surface area contributed by atoms with Gasteiger partial charge in [-0.3, -0.25) is 0 Å². The van der Waals surface area contributed by atoms with E-state index in [9.17, 15) is 8.42 Å². The lowest BCUT2D eigenvalue weighted by molar-refractivity contribution is 0.594. The van der Waals surface area contributed by atoms with Crippen molar-refractivity contribution in [2.75, 3.05) is 11.4 Å². The van der Waals surface area contributed by atoms with Crippen LogP contribution in [0.3, 0.4) is 0 Å². The highest BCUT2D eigenvalue weighted by atomic mass is 32.2. The highest BCUT2D eigenvalue weighted by Crippen LogP contribution is 2.29. The molecule has 0 N–H and O–H groups in total. The predicted molar refractivity (Wildman–Crippen MR) is 78.3 cm³/mol. The van der Waals surface area contributed by atoms with Gasteiger partial charge in [-0.2, -0.15) is 5.26 Å². The summed E-state index contributed by atoms with van der Waals surface area (Å²) in [4.78, 5) is 5.20. The SMILES string of the molecule is Cc1nc(N(C)S(=O)(=O)c2ccccc2C#N)sc1C. The maximum absolute atomic E-state index is 12.6. The van der Waals surface area contributed by atoms with Crippen LogP contribution in [0.4, 0.5) is 5.13 Å². The lowest BCUT2D eigenvalue weighted by Gasteiger charge is -2.16. The van der Waals surface area contributed by atoms with Gasteiger partial charge in [-0.05, 0) is 26.0 Å². The zero-order valence-corrected chi connectivity index (χ0v) is 12.9. The molecule has 0 aliphatic rings. The van der Waals surface area contributed by atoms with Crippen molar-refractivity contribution in [1.29, 1.82) is 5.26 Å². The van der Waals surface area contributed by atoms with Crippen LogP contribution >= 0.6 is 11.3 Å². The van der Waals surface area contributed by atoms with Crippen LogP contribution in [-0.4, -0.2) is 20.4 Å². The highest BCUT2D eigenvalue weighted by molar-refractivity contribution is 7.93. The zero-order valence-electron chi connectivity index (χ0n) is 11.3. The van der Waals surface area contributed by atoms with Crippen molar-refractivity contribution in [2.24, 2.45) is 0 Å². The summed E-state index contributed by atoms with van der Waals surface area (Å²) in [6, 6.07) is 8.05. The van der Waals surface area contributed by atoms with Gasteiger partial charge in [-0.15, -0.1) is 11.3 Å². The predicted octanol–water partition coefficient (Wildman–Crippen LogP) is 2.46. The molecule has 0 fully saturated rings. The minimum absolute atomic E-state index is 0.00416. The molecule has 1 aromatic carbocycles. The molecule has 5 nitrogen and oxygen atoms in total. The van der Waals surface area contributed by atoms with Gasteiger partial charge in [0.05, 0.1) is 11.3 Å². The molecule has 0 bridgehead atoms. The van der Waals surface area contributed by atoms with Crippen molar-refractivity contribution in [1.82, 2.24) is 4.98 Å². The van der Waals surface area contributed by atoms with E-state index in [-0.39, 0.29) is 10.5 Å². The van der Waals surface area contributed by atoms with Crippen molar-refractivity contribution in [3.05, 3.63) is 40.4 Å². The molecule has 0 aliphatic heterocycles. The van der Waals surface area contributed by atoms with Crippen molar-refractivity contribution in [2.45, 2.75) is 18.7 Å². The fourth-order valence-corrected chi connectivity index (χ4v) is 3.99. The number of hydrogen-bond acceptors (Lipinski definition) is 5. The third-order valence-electron chi connectivity index (χ3n) is 2.93. The first-order valence-corrected chi connectivity index (χ1v) is 8.05. The molecule has 2 aromatic rings. The van der Waals surface area contributed by atoms with Crippen LogP contribution in [0.2, 0.25) is 0 Å². The van der Waals surface area contributed by atoms with E-state index < -0.39 is 10.0 Å². The lowest BCUT2D eigenvalue weighted by Crippen LogP contribution is -2.27. The van der Waals surface area contributed by atoms with Crippen molar-refractivity contribution < 1.29 is 8.42 Å². The Morgan fingerprint density at radius 2 is 1.95 bits per heavy atom. The maximum atomic E-state index is 12.6. The minimum Gasteiger partial charge on any atom is -0.244 e. The van der Waals surface area contributed by atoms with Gasteiger partial charge in [0.2, 0.25) is 0 Å². The molecular weight excluding hydrogens is 294 g/mol. The van der Waals surface area contributed by atoms with Gasteiger partial charge in [0.25, 0.3) is 10.0 Å². The van der Waals surface area contributed by atoms with Crippen molar-refractivity contribution in [3.8, 4) is 6.07 Å². The van der Waals surface area contributed by atoms with Crippen LogP contribution in [0.15, 0.2) is 29.2 Å². The average molecular weight is 307 g/mol. The first kappa shape index (κ1) is 14.5. The average Bonchev–Trinajstić information content (AvgIpc) is 2.77. The molecule has 0 atom stereocenters. The van der Waals surface area contributed by atoms with E-state index in [0.29, 0.717) is 5.13 Å². The number of anilines is 1. The fraction of sp³-hybridized carbons (Fsp3) is 0.231. The summed E-state index contributed by atoms with van der Waals surface area (Å²) in [6.07, 6.45) is 0. The smallest absolute Gasteiger partial charge is 0.244 e. The molecule has 0 aliphatic carbocycles. The molecule has 0 unspecified atom stereocenters. The monoisotopic (exact) mass is 307 g/mol. The van der Waals surface area contributed by atoms with Gasteiger partial charge in [0, 0.05) is 11.9 Å². The molecular formula is C13H13N3O2S2. The Morgan fingerprint density at radius 1 is 1.30 bits per heavy atom. The second kappa shape index (κ2) is 5.23. The van der Waals surface area contributed by atoms with Gasteiger partial charge in [0.15, 0.2) is 5.13 Å². The van der Waals surface area contributed by atoms with Gasteiger partial charge >= 0.3 is 0 Å². The Hall–Kier alpha value is -1.91. The van der Waals surface area contributed by atoms with E-state index in [0.717, 1.165) is 14.9 Å². The summed E-state index contributed by atoms with van der Waals surface area (Å²) in [5, 5.41) is 9.43. The molecule has 1 aromatic heterocycles. The number of sulfonamides is 1. The van der Waals surface area contributed by atoms with Gasteiger partial charge < -0.3 is 0 Å². The van der Waals surface area contributed by atoms with Crippen molar-refractivity contribution >= 4 is 26.5 Å². The summed E-state index contributed by atoms with van der Waals surface area (Å²) >= 11 is 1.31. The van der Waals surface area contributed by atoms with Crippen LogP contribution in [-0.2, 0) is 10.0 Å². The summed E-state index contributed by atoms with van der Waals surface area (Å²) < 4.78 is 26.3. The Balaban J connectivity index is 2.53. The number of nitriles is 1. The normalized spacial score (nSPS) is 11.1. The molecule has 2 rings (SSSR count). The zero-order chi connectivity index (χ0) is 14.9. The number of benzene rings is 1. The lowest BCUT2D eigenvalue weighted by atomic mass is 10.2. The van der Waals surface area contributed by atoms with E-state index >= 15 is 0 Å². The second-order valence-corrected chi connectivity index (χ2v) is 7.34. The van der Waals surface area contributed by atoms with Gasteiger partial charge in [0.1, 0.15) is 11.0 Å². The molecule has 104 valence electrons. The Labute approximate surface area is 122 Å². The number of thiazole rings is 1. The molecule has 20 heavy (non-hydrogen) atoms. The van der Waals surface area contributed by atoms with E-state index in [1.165, 1.54) is 30.5 Å². The van der Waals surface area contributed by atoms with E-state index in [1.54, 1.807) is 12.1 Å². The molecule has 0 amide bonds. The molecule has 0 radical (unpaired) electrons. The summed E-state index contributed by atoms with van der Waals surface area (Å²) in [5.74, 6) is 0. The maximum Gasteiger partial charge on any atom is 0.267 e. The van der Waals surface area contributed by atoms with E-state index in [2.05, 4.69) is 4.98 Å². The summed E-state index contributed by atoms with van der Waals surface area (Å²) in [5.41, 5.74) is 0.935. The molecule has 1 heterocycles. The number of aromatic nitrogens is 1. The Morgan fingerprint density at radius 3 is 2.50 bits per heavy atom. The first-order valence-electron chi connectivity index (χ1n) is 5.80. The topological polar surface area (TPSA) is 74.1 Å². The quantitative estimate of drug-likeness (QED) is 0.873. The number of nitrogens with zero attached hydrogens (tertiary/aromatic N) is 3. The largest absolute Gasteiger partial charge is 0.267 e. The highest BCUT2D eigenvalue weighted by Gasteiger charge is 2.26. The Bertz CT molecular complexity index is 769. The Kier molecular flexibility index (Phi) is 3.79. The molecule has 0 saturated carbocycles. The van der Waals surface area contributed by atoms with Crippen LogP contribution in [0.1, 0.15) is 16.1 Å². The fourth-order valence-electron chi connectivity index (χ4n) is 1.62. The van der Waals surface area contributed by atoms with Crippen LogP contribution in [0.5, 0.6) is 0 Å². The standard InChI is InChI=1S/C13H13N3O2S2/c1-9-10(2)19-13(15-9)16(3)20(17,18)12-7-5-4-6-11(12)8-14/h4-7H,1-3H3. The molecule has 0 saturated heterocycles. The molecule has 7 heteroatoms. The molecule has 0 spiro atoms. The summed E-state index contributed by atoms with van der Waals surface area (Å²) in [6.45, 7) is 3.72. The first-order chi connectivity index (χ1) is 9.37. The van der Waals surface area contributed by atoms with Crippen LogP contribution < -0.4 is 4.31 Å².